The highest BCUT2D eigenvalue weighted by atomic mass is 16.3. The van der Waals surface area contributed by atoms with Gasteiger partial charge >= 0.3 is 0 Å². The number of aliphatic hydroxyl groups is 3. The van der Waals surface area contributed by atoms with Crippen LogP contribution in [0.25, 0.3) is 0 Å². The molecule has 0 aromatic rings. The number of hydrogen-bond acceptors (Lipinski definition) is 4. The first-order chi connectivity index (χ1) is 34.0. The van der Waals surface area contributed by atoms with E-state index in [1.807, 2.05) is 6.08 Å². The van der Waals surface area contributed by atoms with Crippen molar-refractivity contribution in [2.75, 3.05) is 6.61 Å². The number of nitrogens with one attached hydrogen (secondary N) is 1. The van der Waals surface area contributed by atoms with E-state index in [9.17, 15) is 20.1 Å². The molecule has 0 heterocycles. The second-order valence-corrected chi connectivity index (χ2v) is 22.4. The molecule has 0 saturated carbocycles. The predicted octanol–water partition coefficient (Wildman–Crippen LogP) is 20.2. The van der Waals surface area contributed by atoms with Crippen LogP contribution in [-0.2, 0) is 4.79 Å². The number of amides is 1. The lowest BCUT2D eigenvalue weighted by atomic mass is 10.0. The normalized spacial score (nSPS) is 13.2. The molecule has 0 aromatic heterocycles. The molecule has 3 atom stereocenters. The molecule has 5 nitrogen and oxygen atoms in total. The summed E-state index contributed by atoms with van der Waals surface area (Å²) >= 11 is 0. The number of allylic oxidation sites excluding steroid dienone is 1. The standard InChI is InChI=1S/C64H127NO4/c1-3-5-7-9-11-13-15-17-19-21-23-24-25-26-27-28-29-30-31-32-33-34-35-36-37-38-40-41-43-45-47-49-51-53-55-57-61(67)59-64(69)65-62(60-66)63(68)58-56-54-52-50-48-46-44-42-39-22-20-18-16-14-12-10-8-6-4-2/h56,58,61-63,66-68H,3-55,57,59-60H2,1-2H3,(H,65,69)/b58-56+. The van der Waals surface area contributed by atoms with Crippen molar-refractivity contribution in [1.29, 1.82) is 0 Å². The van der Waals surface area contributed by atoms with Crippen LogP contribution in [0.3, 0.4) is 0 Å². The Hall–Kier alpha value is -0.910. The summed E-state index contributed by atoms with van der Waals surface area (Å²) in [4.78, 5) is 12.5. The van der Waals surface area contributed by atoms with Gasteiger partial charge in [-0.2, -0.15) is 0 Å². The van der Waals surface area contributed by atoms with Gasteiger partial charge in [0.2, 0.25) is 5.91 Å². The van der Waals surface area contributed by atoms with Gasteiger partial charge in [0.05, 0.1) is 31.3 Å². The van der Waals surface area contributed by atoms with Crippen molar-refractivity contribution in [1.82, 2.24) is 5.32 Å². The Kier molecular flexibility index (Phi) is 58.9. The summed E-state index contributed by atoms with van der Waals surface area (Å²) in [5.74, 6) is -0.307. The number of hydrogen-bond donors (Lipinski definition) is 4. The minimum absolute atomic E-state index is 0.0197. The first kappa shape index (κ1) is 68.1. The van der Waals surface area contributed by atoms with Gasteiger partial charge in [0, 0.05) is 0 Å². The summed E-state index contributed by atoms with van der Waals surface area (Å²) in [5.41, 5.74) is 0. The Bertz CT molecular complexity index is 987. The van der Waals surface area contributed by atoms with Crippen LogP contribution >= 0.6 is 0 Å². The fraction of sp³-hybridized carbons (Fsp3) is 0.953. The average molecular weight is 975 g/mol. The quantitative estimate of drug-likeness (QED) is 0.0361. The van der Waals surface area contributed by atoms with Crippen LogP contribution in [0.15, 0.2) is 12.2 Å². The zero-order valence-corrected chi connectivity index (χ0v) is 47.2. The molecule has 0 aliphatic heterocycles. The van der Waals surface area contributed by atoms with Crippen LogP contribution in [-0.4, -0.2) is 46.1 Å². The largest absolute Gasteiger partial charge is 0.394 e. The van der Waals surface area contributed by atoms with E-state index in [4.69, 9.17) is 0 Å². The smallest absolute Gasteiger partial charge is 0.222 e. The van der Waals surface area contributed by atoms with Crippen molar-refractivity contribution in [3.8, 4) is 0 Å². The third-order valence-electron chi connectivity index (χ3n) is 15.3. The summed E-state index contributed by atoms with van der Waals surface area (Å²) in [6.07, 6.45) is 75.9. The highest BCUT2D eigenvalue weighted by Gasteiger charge is 2.20. The molecule has 0 rings (SSSR count). The van der Waals surface area contributed by atoms with Crippen LogP contribution in [0.1, 0.15) is 367 Å². The SMILES string of the molecule is CCCCCCCCCCCCCCCCCCC/C=C/C(O)C(CO)NC(=O)CC(O)CCCCCCCCCCCCCCCCCCCCCCCCCCCCCCCCCCCCC. The maximum atomic E-state index is 12.5. The highest BCUT2D eigenvalue weighted by molar-refractivity contribution is 5.76. The Balaban J connectivity index is 3.45. The molecular weight excluding hydrogens is 847 g/mol. The van der Waals surface area contributed by atoms with Crippen molar-refractivity contribution in [2.45, 2.75) is 385 Å². The van der Waals surface area contributed by atoms with E-state index in [2.05, 4.69) is 19.2 Å². The lowest BCUT2D eigenvalue weighted by molar-refractivity contribution is -0.124. The molecule has 3 unspecified atom stereocenters. The first-order valence-corrected chi connectivity index (χ1v) is 32.0. The van der Waals surface area contributed by atoms with Gasteiger partial charge in [0.15, 0.2) is 0 Å². The molecule has 0 aliphatic carbocycles. The van der Waals surface area contributed by atoms with Crippen molar-refractivity contribution in [2.24, 2.45) is 0 Å². The molecular formula is C64H127NO4. The maximum absolute atomic E-state index is 12.5. The van der Waals surface area contributed by atoms with Crippen LogP contribution in [0, 0.1) is 0 Å². The number of rotatable bonds is 60. The minimum atomic E-state index is -0.926. The summed E-state index contributed by atoms with van der Waals surface area (Å²) in [6, 6.07) is -0.741. The van der Waals surface area contributed by atoms with Crippen LogP contribution in [0.2, 0.25) is 0 Å². The van der Waals surface area contributed by atoms with Gasteiger partial charge < -0.3 is 20.6 Å². The van der Waals surface area contributed by atoms with Crippen LogP contribution in [0.4, 0.5) is 0 Å². The lowest BCUT2D eigenvalue weighted by Crippen LogP contribution is -2.45. The second kappa shape index (κ2) is 59.7. The van der Waals surface area contributed by atoms with Gasteiger partial charge in [0.25, 0.3) is 0 Å². The zero-order chi connectivity index (χ0) is 50.0. The molecule has 5 heteroatoms. The fourth-order valence-electron chi connectivity index (χ4n) is 10.5. The molecule has 69 heavy (non-hydrogen) atoms. The molecule has 0 aromatic carbocycles. The number of aliphatic hydroxyl groups excluding tert-OH is 3. The molecule has 0 saturated heterocycles. The minimum Gasteiger partial charge on any atom is -0.394 e. The average Bonchev–Trinajstić information content (AvgIpc) is 3.35. The highest BCUT2D eigenvalue weighted by Crippen LogP contribution is 2.19. The number of carbonyl (C=O) groups is 1. The van der Waals surface area contributed by atoms with Gasteiger partial charge in [-0.25, -0.2) is 0 Å². The molecule has 0 radical (unpaired) electrons. The van der Waals surface area contributed by atoms with Gasteiger partial charge in [-0.3, -0.25) is 4.79 Å². The zero-order valence-electron chi connectivity index (χ0n) is 47.2. The number of carbonyl (C=O) groups excluding carboxylic acids is 1. The summed E-state index contributed by atoms with van der Waals surface area (Å²) < 4.78 is 0. The van der Waals surface area contributed by atoms with E-state index in [1.165, 1.54) is 315 Å². The Labute approximate surface area is 433 Å². The summed E-state index contributed by atoms with van der Waals surface area (Å²) in [5, 5.41) is 33.5. The van der Waals surface area contributed by atoms with Gasteiger partial charge in [-0.15, -0.1) is 0 Å². The van der Waals surface area contributed by atoms with Crippen molar-refractivity contribution >= 4 is 5.91 Å². The number of unbranched alkanes of at least 4 members (excludes halogenated alkanes) is 51. The van der Waals surface area contributed by atoms with Gasteiger partial charge in [0.1, 0.15) is 0 Å². The maximum Gasteiger partial charge on any atom is 0.222 e. The van der Waals surface area contributed by atoms with Gasteiger partial charge in [-0.1, -0.05) is 353 Å². The van der Waals surface area contributed by atoms with Crippen LogP contribution in [0.5, 0.6) is 0 Å². The van der Waals surface area contributed by atoms with Crippen molar-refractivity contribution < 1.29 is 20.1 Å². The summed E-state index contributed by atoms with van der Waals surface area (Å²) in [6.45, 7) is 4.26. The van der Waals surface area contributed by atoms with E-state index >= 15 is 0 Å². The molecule has 0 spiro atoms. The first-order valence-electron chi connectivity index (χ1n) is 32.0. The molecule has 0 aliphatic rings. The molecule has 0 bridgehead atoms. The Morgan fingerprint density at radius 2 is 0.594 bits per heavy atom. The van der Waals surface area contributed by atoms with E-state index in [1.54, 1.807) is 6.08 Å². The third kappa shape index (κ3) is 56.2. The van der Waals surface area contributed by atoms with E-state index in [0.29, 0.717) is 6.42 Å². The molecule has 1 amide bonds. The van der Waals surface area contributed by atoms with Crippen LogP contribution < -0.4 is 5.32 Å². The van der Waals surface area contributed by atoms with E-state index < -0.39 is 18.2 Å². The second-order valence-electron chi connectivity index (χ2n) is 22.4. The topological polar surface area (TPSA) is 89.8 Å². The van der Waals surface area contributed by atoms with E-state index in [0.717, 1.165) is 25.7 Å². The van der Waals surface area contributed by atoms with Gasteiger partial charge in [-0.05, 0) is 19.3 Å². The van der Waals surface area contributed by atoms with E-state index in [-0.39, 0.29) is 18.9 Å². The molecule has 0 fully saturated rings. The summed E-state index contributed by atoms with van der Waals surface area (Å²) in [7, 11) is 0. The Morgan fingerprint density at radius 3 is 0.841 bits per heavy atom. The fourth-order valence-corrected chi connectivity index (χ4v) is 10.5. The predicted molar refractivity (Wildman–Crippen MR) is 305 cm³/mol. The Morgan fingerprint density at radius 1 is 0.362 bits per heavy atom. The monoisotopic (exact) mass is 974 g/mol. The molecule has 4 N–H and O–H groups in total. The van der Waals surface area contributed by atoms with Crippen molar-refractivity contribution in [3.05, 3.63) is 12.2 Å². The lowest BCUT2D eigenvalue weighted by Gasteiger charge is -2.21. The van der Waals surface area contributed by atoms with Crippen molar-refractivity contribution in [3.63, 3.8) is 0 Å². The molecule has 412 valence electrons. The third-order valence-corrected chi connectivity index (χ3v) is 15.3.